The molecule has 0 saturated carbocycles. The number of benzene rings is 1. The lowest BCUT2D eigenvalue weighted by Gasteiger charge is -2.23. The average Bonchev–Trinajstić information content (AvgIpc) is 2.71. The summed E-state index contributed by atoms with van der Waals surface area (Å²) in [5.74, 6) is -1.02. The average molecular weight is 331 g/mol. The van der Waals surface area contributed by atoms with Gasteiger partial charge in [0.05, 0.1) is 6.67 Å². The van der Waals surface area contributed by atoms with Gasteiger partial charge in [0.2, 0.25) is 0 Å². The van der Waals surface area contributed by atoms with Crippen molar-refractivity contribution in [3.05, 3.63) is 35.4 Å². The maximum Gasteiger partial charge on any atom is 0.335 e. The monoisotopic (exact) mass is 331 g/mol. The van der Waals surface area contributed by atoms with Crippen LogP contribution in [0.15, 0.2) is 24.3 Å². The van der Waals surface area contributed by atoms with Gasteiger partial charge in [-0.25, -0.2) is 9.69 Å². The van der Waals surface area contributed by atoms with Gasteiger partial charge in [0.1, 0.15) is 0 Å². The summed E-state index contributed by atoms with van der Waals surface area (Å²) in [5, 5.41) is 0. The van der Waals surface area contributed by atoms with Crippen molar-refractivity contribution < 1.29 is 14.4 Å². The quantitative estimate of drug-likeness (QED) is 0.593. The highest BCUT2D eigenvalue weighted by Gasteiger charge is 2.45. The highest BCUT2D eigenvalue weighted by atomic mass is 16.2. The summed E-state index contributed by atoms with van der Waals surface area (Å²) in [6.45, 7) is 8.40. The number of nitrogens with zero attached hydrogens (tertiary/aromatic N) is 3. The predicted octanol–water partition coefficient (Wildman–Crippen LogP) is 2.40. The fourth-order valence-electron chi connectivity index (χ4n) is 2.71. The Labute approximate surface area is 143 Å². The normalized spacial score (nSPS) is 15.6. The Kier molecular flexibility index (Phi) is 5.39. The Hall–Kier alpha value is -2.21. The van der Waals surface area contributed by atoms with Crippen LogP contribution in [0.4, 0.5) is 4.79 Å². The molecule has 0 aliphatic carbocycles. The maximum atomic E-state index is 12.3. The smallest absolute Gasteiger partial charge is 0.284 e. The Balaban J connectivity index is 2.01. The third-order valence-corrected chi connectivity index (χ3v) is 4.08. The number of rotatable bonds is 6. The Morgan fingerprint density at radius 1 is 0.958 bits per heavy atom. The van der Waals surface area contributed by atoms with E-state index in [0.717, 1.165) is 15.4 Å². The molecule has 1 heterocycles. The molecule has 1 fully saturated rings. The van der Waals surface area contributed by atoms with E-state index >= 15 is 0 Å². The fourth-order valence-corrected chi connectivity index (χ4v) is 2.71. The first-order valence-corrected chi connectivity index (χ1v) is 8.18. The van der Waals surface area contributed by atoms with Crippen molar-refractivity contribution in [3.63, 3.8) is 0 Å². The molecular formula is C18H25N3O3. The van der Waals surface area contributed by atoms with E-state index in [4.69, 9.17) is 0 Å². The van der Waals surface area contributed by atoms with E-state index in [-0.39, 0.29) is 12.7 Å². The molecule has 1 aliphatic rings. The van der Waals surface area contributed by atoms with Gasteiger partial charge >= 0.3 is 17.8 Å². The van der Waals surface area contributed by atoms with Gasteiger partial charge in [0.15, 0.2) is 0 Å². The zero-order valence-corrected chi connectivity index (χ0v) is 14.9. The summed E-state index contributed by atoms with van der Waals surface area (Å²) >= 11 is 0. The number of hydrogen-bond donors (Lipinski definition) is 0. The van der Waals surface area contributed by atoms with Crippen molar-refractivity contribution >= 4 is 17.8 Å². The molecule has 2 rings (SSSR count). The zero-order chi connectivity index (χ0) is 18.0. The van der Waals surface area contributed by atoms with Crippen molar-refractivity contribution in [2.75, 3.05) is 13.7 Å². The van der Waals surface area contributed by atoms with Gasteiger partial charge in [-0.05, 0) is 37.9 Å². The van der Waals surface area contributed by atoms with Crippen molar-refractivity contribution in [1.29, 1.82) is 0 Å². The van der Waals surface area contributed by atoms with Gasteiger partial charge < -0.3 is 0 Å². The summed E-state index contributed by atoms with van der Waals surface area (Å²) in [5.41, 5.74) is 2.36. The van der Waals surface area contributed by atoms with E-state index < -0.39 is 17.8 Å². The summed E-state index contributed by atoms with van der Waals surface area (Å²) in [4.78, 5) is 40.0. The van der Waals surface area contributed by atoms with Crippen molar-refractivity contribution in [3.8, 4) is 0 Å². The van der Waals surface area contributed by atoms with E-state index in [0.29, 0.717) is 12.5 Å². The molecule has 6 heteroatoms. The van der Waals surface area contributed by atoms with Crippen LogP contribution in [0.3, 0.4) is 0 Å². The second kappa shape index (κ2) is 7.13. The van der Waals surface area contributed by atoms with Crippen molar-refractivity contribution in [2.45, 2.75) is 46.2 Å². The van der Waals surface area contributed by atoms with E-state index in [1.54, 1.807) is 13.8 Å². The molecule has 0 bridgehead atoms. The molecule has 0 atom stereocenters. The molecule has 1 aromatic rings. The van der Waals surface area contributed by atoms with Crippen molar-refractivity contribution in [1.82, 2.24) is 14.7 Å². The first kappa shape index (κ1) is 18.1. The molecule has 0 aromatic heterocycles. The molecule has 1 aromatic carbocycles. The minimum Gasteiger partial charge on any atom is -0.284 e. The van der Waals surface area contributed by atoms with Crippen LogP contribution in [0.2, 0.25) is 0 Å². The van der Waals surface area contributed by atoms with Crippen LogP contribution in [0.5, 0.6) is 0 Å². The number of carbonyl (C=O) groups excluding carboxylic acids is 3. The van der Waals surface area contributed by atoms with E-state index in [1.165, 1.54) is 5.56 Å². The summed E-state index contributed by atoms with van der Waals surface area (Å²) in [6.07, 6.45) is 0. The van der Waals surface area contributed by atoms with Crippen LogP contribution in [-0.2, 0) is 16.1 Å². The second-order valence-electron chi connectivity index (χ2n) is 6.84. The summed E-state index contributed by atoms with van der Waals surface area (Å²) in [7, 11) is 1.82. The lowest BCUT2D eigenvalue weighted by molar-refractivity contribution is -0.144. The first-order valence-electron chi connectivity index (χ1n) is 8.18. The van der Waals surface area contributed by atoms with E-state index in [2.05, 4.69) is 26.0 Å². The topological polar surface area (TPSA) is 60.9 Å². The number of amides is 4. The second-order valence-corrected chi connectivity index (χ2v) is 6.84. The molecule has 24 heavy (non-hydrogen) atoms. The van der Waals surface area contributed by atoms with Gasteiger partial charge in [-0.3, -0.25) is 19.4 Å². The first-order chi connectivity index (χ1) is 11.2. The molecule has 0 unspecified atom stereocenters. The van der Waals surface area contributed by atoms with Crippen LogP contribution in [-0.4, -0.2) is 52.3 Å². The highest BCUT2D eigenvalue weighted by molar-refractivity contribution is 6.44. The van der Waals surface area contributed by atoms with Crippen LogP contribution in [0, 0.1) is 0 Å². The SMILES string of the molecule is CC(C)c1ccc(CN(C)CN2C(=O)C(=O)N(C(C)C)C2=O)cc1. The largest absolute Gasteiger partial charge is 0.335 e. The lowest BCUT2D eigenvalue weighted by atomic mass is 10.0. The number of imide groups is 2. The van der Waals surface area contributed by atoms with Gasteiger partial charge in [-0.15, -0.1) is 0 Å². The minimum atomic E-state index is -0.754. The van der Waals surface area contributed by atoms with Gasteiger partial charge in [-0.1, -0.05) is 38.1 Å². The molecule has 0 spiro atoms. The molecule has 6 nitrogen and oxygen atoms in total. The molecule has 4 amide bonds. The van der Waals surface area contributed by atoms with E-state index in [9.17, 15) is 14.4 Å². The third kappa shape index (κ3) is 3.64. The third-order valence-electron chi connectivity index (χ3n) is 4.08. The molecule has 1 saturated heterocycles. The molecule has 130 valence electrons. The van der Waals surface area contributed by atoms with Crippen LogP contribution in [0.25, 0.3) is 0 Å². The fraction of sp³-hybridized carbons (Fsp3) is 0.500. The van der Waals surface area contributed by atoms with Crippen LogP contribution >= 0.6 is 0 Å². The number of hydrogen-bond acceptors (Lipinski definition) is 4. The molecule has 0 radical (unpaired) electrons. The lowest BCUT2D eigenvalue weighted by Crippen LogP contribution is -2.41. The predicted molar refractivity (Wildman–Crippen MR) is 91.1 cm³/mol. The highest BCUT2D eigenvalue weighted by Crippen LogP contribution is 2.18. The minimum absolute atomic E-state index is 0.0958. The number of carbonyl (C=O) groups is 3. The zero-order valence-electron chi connectivity index (χ0n) is 14.9. The van der Waals surface area contributed by atoms with Crippen LogP contribution < -0.4 is 0 Å². The Morgan fingerprint density at radius 2 is 1.54 bits per heavy atom. The van der Waals surface area contributed by atoms with Crippen molar-refractivity contribution in [2.24, 2.45) is 0 Å². The molecule has 1 aliphatic heterocycles. The van der Waals surface area contributed by atoms with Gasteiger partial charge in [0.25, 0.3) is 0 Å². The molecule has 0 N–H and O–H groups in total. The molecular weight excluding hydrogens is 306 g/mol. The summed E-state index contributed by atoms with van der Waals surface area (Å²) in [6, 6.07) is 7.40. The summed E-state index contributed by atoms with van der Waals surface area (Å²) < 4.78 is 0. The van der Waals surface area contributed by atoms with Gasteiger partial charge in [-0.2, -0.15) is 0 Å². The maximum absolute atomic E-state index is 12.3. The van der Waals surface area contributed by atoms with Gasteiger partial charge in [0, 0.05) is 12.6 Å². The Morgan fingerprint density at radius 3 is 2.00 bits per heavy atom. The Bertz CT molecular complexity index is 637. The van der Waals surface area contributed by atoms with Crippen LogP contribution in [0.1, 0.15) is 44.7 Å². The van der Waals surface area contributed by atoms with E-state index in [1.807, 2.05) is 24.1 Å². The number of urea groups is 1. The standard InChI is InChI=1S/C18H25N3O3/c1-12(2)15-8-6-14(7-9-15)10-19(5)11-20-16(22)17(23)21(13(3)4)18(20)24/h6-9,12-13H,10-11H2,1-5H3.